The van der Waals surface area contributed by atoms with Gasteiger partial charge in [-0.15, -0.1) is 0 Å². The van der Waals surface area contributed by atoms with Crippen molar-refractivity contribution in [2.24, 2.45) is 0 Å². The molecule has 194 valence electrons. The molecule has 0 atom stereocenters. The van der Waals surface area contributed by atoms with Crippen molar-refractivity contribution in [3.63, 3.8) is 0 Å². The predicted molar refractivity (Wildman–Crippen MR) is 137 cm³/mol. The van der Waals surface area contributed by atoms with Crippen molar-refractivity contribution in [1.29, 1.82) is 0 Å². The number of rotatable bonds is 8. The lowest BCUT2D eigenvalue weighted by Gasteiger charge is -2.44. The van der Waals surface area contributed by atoms with Crippen molar-refractivity contribution in [2.75, 3.05) is 27.4 Å². The van der Waals surface area contributed by atoms with Crippen molar-refractivity contribution >= 4 is 11.6 Å². The number of allylic oxidation sites excluding steroid dienone is 4. The maximum absolute atomic E-state index is 13.4. The van der Waals surface area contributed by atoms with E-state index in [4.69, 9.17) is 14.2 Å². The van der Waals surface area contributed by atoms with Crippen LogP contribution in [0.2, 0.25) is 0 Å². The fourth-order valence-corrected chi connectivity index (χ4v) is 5.73. The minimum absolute atomic E-state index is 0.106. The van der Waals surface area contributed by atoms with Crippen molar-refractivity contribution in [3.8, 4) is 11.5 Å². The first-order chi connectivity index (χ1) is 18.0. The highest BCUT2D eigenvalue weighted by atomic mass is 19.1. The number of ether oxygens (including phenoxy) is 3. The van der Waals surface area contributed by atoms with E-state index in [9.17, 15) is 14.0 Å². The second-order valence-electron chi connectivity index (χ2n) is 9.68. The molecule has 1 heterocycles. The average molecular weight is 506 g/mol. The zero-order valence-electron chi connectivity index (χ0n) is 21.3. The van der Waals surface area contributed by atoms with E-state index >= 15 is 0 Å². The van der Waals surface area contributed by atoms with E-state index in [0.717, 1.165) is 59.4 Å². The number of nitrogens with zero attached hydrogens (tertiary/aromatic N) is 1. The Labute approximate surface area is 216 Å². The summed E-state index contributed by atoms with van der Waals surface area (Å²) in [4.78, 5) is 29.0. The molecule has 0 bridgehead atoms. The van der Waals surface area contributed by atoms with Gasteiger partial charge in [0.1, 0.15) is 12.4 Å². The molecule has 6 nitrogen and oxygen atoms in total. The Morgan fingerprint density at radius 2 is 1.51 bits per heavy atom. The zero-order chi connectivity index (χ0) is 25.9. The summed E-state index contributed by atoms with van der Waals surface area (Å²) >= 11 is 0. The Morgan fingerprint density at radius 3 is 2.11 bits per heavy atom. The molecule has 0 spiro atoms. The normalized spacial score (nSPS) is 18.2. The Bertz CT molecular complexity index is 1220. The van der Waals surface area contributed by atoms with E-state index < -0.39 is 5.92 Å². The van der Waals surface area contributed by atoms with Crippen LogP contribution in [-0.4, -0.2) is 43.8 Å². The van der Waals surface area contributed by atoms with Crippen molar-refractivity contribution in [1.82, 2.24) is 4.90 Å². The molecule has 3 aliphatic rings. The van der Waals surface area contributed by atoms with Crippen LogP contribution in [0.5, 0.6) is 11.5 Å². The van der Waals surface area contributed by atoms with Gasteiger partial charge in [0.2, 0.25) is 0 Å². The van der Waals surface area contributed by atoms with Crippen LogP contribution in [0.15, 0.2) is 65.0 Å². The molecule has 2 aromatic carbocycles. The quantitative estimate of drug-likeness (QED) is 0.474. The number of ketones is 2. The van der Waals surface area contributed by atoms with Crippen molar-refractivity contribution < 1.29 is 28.2 Å². The molecule has 2 aliphatic carbocycles. The number of Topliss-reactive ketones (excluding diaryl/α,β-unsaturated/α-hetero) is 2. The highest BCUT2D eigenvalue weighted by molar-refractivity contribution is 6.06. The van der Waals surface area contributed by atoms with Crippen LogP contribution in [0, 0.1) is 5.82 Å². The van der Waals surface area contributed by atoms with Crippen LogP contribution in [0.3, 0.4) is 0 Å². The fraction of sp³-hybridized carbons (Fsp3) is 0.400. The number of halogens is 1. The van der Waals surface area contributed by atoms with E-state index in [1.54, 1.807) is 26.4 Å². The predicted octanol–water partition coefficient (Wildman–Crippen LogP) is 5.47. The Kier molecular flexibility index (Phi) is 7.42. The summed E-state index contributed by atoms with van der Waals surface area (Å²) in [6.07, 6.45) is 4.21. The van der Waals surface area contributed by atoms with Gasteiger partial charge in [-0.3, -0.25) is 9.59 Å². The summed E-state index contributed by atoms with van der Waals surface area (Å²) in [5.74, 6) is 0.572. The third-order valence-corrected chi connectivity index (χ3v) is 7.43. The smallest absolute Gasteiger partial charge is 0.161 e. The molecule has 2 aromatic rings. The summed E-state index contributed by atoms with van der Waals surface area (Å²) in [5, 5.41) is 0. The van der Waals surface area contributed by atoms with Crippen LogP contribution in [0.1, 0.15) is 55.6 Å². The van der Waals surface area contributed by atoms with E-state index in [0.29, 0.717) is 37.5 Å². The van der Waals surface area contributed by atoms with Crippen LogP contribution in [-0.2, 0) is 20.9 Å². The lowest BCUT2D eigenvalue weighted by molar-refractivity contribution is -0.117. The minimum Gasteiger partial charge on any atom is -0.493 e. The molecular formula is C30H32FNO5. The molecular weight excluding hydrogens is 473 g/mol. The zero-order valence-corrected chi connectivity index (χ0v) is 21.3. The van der Waals surface area contributed by atoms with Gasteiger partial charge in [-0.05, 0) is 61.1 Å². The number of hydrogen-bond acceptors (Lipinski definition) is 6. The first kappa shape index (κ1) is 25.2. The second kappa shape index (κ2) is 10.9. The lowest BCUT2D eigenvalue weighted by Crippen LogP contribution is -2.40. The molecule has 5 rings (SSSR count). The SMILES string of the molecule is COCCN1C2=C(C(=O)CCC2)C(c2ccc(OCc3ccc(F)cc3)c(OC)c2)C2=C1CCCC2=O. The second-order valence-corrected chi connectivity index (χ2v) is 9.68. The van der Waals surface area contributed by atoms with E-state index in [2.05, 4.69) is 4.90 Å². The fourth-order valence-electron chi connectivity index (χ4n) is 5.73. The minimum atomic E-state index is -0.413. The maximum atomic E-state index is 13.4. The number of hydrogen-bond donors (Lipinski definition) is 0. The number of carbonyl (C=O) groups is 2. The molecule has 0 unspecified atom stereocenters. The summed E-state index contributed by atoms with van der Waals surface area (Å²) in [6, 6.07) is 11.8. The summed E-state index contributed by atoms with van der Waals surface area (Å²) in [7, 11) is 3.24. The first-order valence-electron chi connectivity index (χ1n) is 12.9. The molecule has 0 fully saturated rings. The Balaban J connectivity index is 1.54. The topological polar surface area (TPSA) is 65.1 Å². The van der Waals surface area contributed by atoms with Gasteiger partial charge in [0, 0.05) is 55.0 Å². The average Bonchev–Trinajstić information content (AvgIpc) is 2.91. The van der Waals surface area contributed by atoms with E-state index in [-0.39, 0.29) is 24.0 Å². The molecule has 0 saturated heterocycles. The highest BCUT2D eigenvalue weighted by Gasteiger charge is 2.43. The van der Waals surface area contributed by atoms with Gasteiger partial charge in [0.15, 0.2) is 23.1 Å². The standard InChI is InChI=1S/C30H32FNO5/c1-35-16-15-32-22-5-3-7-24(33)29(22)28(30-23(32)6-4-8-25(30)34)20-11-14-26(27(17-20)36-2)37-18-19-9-12-21(31)13-10-19/h9-14,17,28H,3-8,15-16,18H2,1-2H3. The first-order valence-corrected chi connectivity index (χ1v) is 12.9. The molecule has 0 N–H and O–H groups in total. The maximum Gasteiger partial charge on any atom is 0.161 e. The van der Waals surface area contributed by atoms with Gasteiger partial charge >= 0.3 is 0 Å². The van der Waals surface area contributed by atoms with Gasteiger partial charge in [0.25, 0.3) is 0 Å². The highest BCUT2D eigenvalue weighted by Crippen LogP contribution is 2.50. The van der Waals surface area contributed by atoms with Crippen LogP contribution >= 0.6 is 0 Å². The van der Waals surface area contributed by atoms with Gasteiger partial charge < -0.3 is 19.1 Å². The van der Waals surface area contributed by atoms with E-state index in [1.807, 2.05) is 18.2 Å². The molecule has 0 aromatic heterocycles. The molecule has 7 heteroatoms. The van der Waals surface area contributed by atoms with E-state index in [1.165, 1.54) is 12.1 Å². The Morgan fingerprint density at radius 1 is 0.865 bits per heavy atom. The molecule has 0 saturated carbocycles. The van der Waals surface area contributed by atoms with Gasteiger partial charge in [-0.25, -0.2) is 4.39 Å². The molecule has 1 aliphatic heterocycles. The van der Waals surface area contributed by atoms with Gasteiger partial charge in [-0.1, -0.05) is 18.2 Å². The Hall–Kier alpha value is -3.45. The van der Waals surface area contributed by atoms with Gasteiger partial charge in [-0.2, -0.15) is 0 Å². The van der Waals surface area contributed by atoms with Crippen molar-refractivity contribution in [3.05, 3.63) is 81.9 Å². The molecule has 0 amide bonds. The number of benzene rings is 2. The molecule has 0 radical (unpaired) electrons. The van der Waals surface area contributed by atoms with Crippen molar-refractivity contribution in [2.45, 2.75) is 51.0 Å². The largest absolute Gasteiger partial charge is 0.493 e. The van der Waals surface area contributed by atoms with Crippen LogP contribution < -0.4 is 9.47 Å². The summed E-state index contributed by atoms with van der Waals surface area (Å²) < 4.78 is 30.3. The monoisotopic (exact) mass is 505 g/mol. The third-order valence-electron chi connectivity index (χ3n) is 7.43. The van der Waals surface area contributed by atoms with Crippen LogP contribution in [0.4, 0.5) is 4.39 Å². The summed E-state index contributed by atoms with van der Waals surface area (Å²) in [6.45, 7) is 1.41. The lowest BCUT2D eigenvalue weighted by atomic mass is 9.71. The van der Waals surface area contributed by atoms with Crippen LogP contribution in [0.25, 0.3) is 0 Å². The number of methoxy groups -OCH3 is 2. The third kappa shape index (κ3) is 4.92. The summed E-state index contributed by atoms with van der Waals surface area (Å²) in [5.41, 5.74) is 5.21. The molecule has 37 heavy (non-hydrogen) atoms. The number of carbonyl (C=O) groups excluding carboxylic acids is 2. The van der Waals surface area contributed by atoms with Gasteiger partial charge in [0.05, 0.1) is 13.7 Å².